The minimum Gasteiger partial charge on any atom is -0.377 e. The number of imidazole rings is 1. The third kappa shape index (κ3) is 2.29. The molecule has 4 aromatic rings. The fraction of sp³-hybridized carbons (Fsp3) is 0.263. The number of hydrogen-bond donors (Lipinski definition) is 2. The molecule has 126 valence electrons. The lowest BCUT2D eigenvalue weighted by molar-refractivity contribution is 0.0991. The number of nitrogens with one attached hydrogen (secondary N) is 2. The van der Waals surface area contributed by atoms with Crippen molar-refractivity contribution in [1.29, 1.82) is 0 Å². The average Bonchev–Trinajstić information content (AvgIpc) is 3.30. The molecular formula is C19H19N5O. The normalized spacial score (nSPS) is 18.3. The van der Waals surface area contributed by atoms with Gasteiger partial charge < -0.3 is 19.6 Å². The Labute approximate surface area is 144 Å². The molecule has 0 aliphatic carbocycles. The number of pyridine rings is 1. The van der Waals surface area contributed by atoms with E-state index in [-0.39, 0.29) is 0 Å². The van der Waals surface area contributed by atoms with Gasteiger partial charge in [0.1, 0.15) is 5.52 Å². The van der Waals surface area contributed by atoms with Crippen LogP contribution in [-0.4, -0.2) is 45.7 Å². The van der Waals surface area contributed by atoms with Crippen molar-refractivity contribution in [3.8, 4) is 11.3 Å². The van der Waals surface area contributed by atoms with E-state index < -0.39 is 0 Å². The first kappa shape index (κ1) is 14.5. The lowest BCUT2D eigenvalue weighted by atomic mass is 10.1. The van der Waals surface area contributed by atoms with Crippen LogP contribution in [0.3, 0.4) is 0 Å². The first-order valence-electron chi connectivity index (χ1n) is 8.56. The SMILES string of the molecule is C[C@@H]1COCCN1c1cc(-c2cccc3[nH]ccc23)nc2nc[nH]c12. The van der Waals surface area contributed by atoms with Crippen molar-refractivity contribution in [2.75, 3.05) is 24.7 Å². The molecule has 6 heteroatoms. The molecule has 1 atom stereocenters. The van der Waals surface area contributed by atoms with Crippen LogP contribution >= 0.6 is 0 Å². The molecule has 1 aromatic carbocycles. The van der Waals surface area contributed by atoms with Crippen LogP contribution < -0.4 is 4.90 Å². The highest BCUT2D eigenvalue weighted by Gasteiger charge is 2.23. The summed E-state index contributed by atoms with van der Waals surface area (Å²) in [6.45, 7) is 4.53. The van der Waals surface area contributed by atoms with Crippen LogP contribution in [0.2, 0.25) is 0 Å². The summed E-state index contributed by atoms with van der Waals surface area (Å²) >= 11 is 0. The third-order valence-corrected chi connectivity index (χ3v) is 4.92. The Hall–Kier alpha value is -2.86. The summed E-state index contributed by atoms with van der Waals surface area (Å²) in [5, 5.41) is 1.17. The summed E-state index contributed by atoms with van der Waals surface area (Å²) in [6.07, 6.45) is 3.68. The molecule has 0 amide bonds. The molecule has 5 rings (SSSR count). The minimum atomic E-state index is 0.318. The van der Waals surface area contributed by atoms with E-state index in [1.807, 2.05) is 6.20 Å². The van der Waals surface area contributed by atoms with Crippen molar-refractivity contribution in [2.24, 2.45) is 0 Å². The van der Waals surface area contributed by atoms with Gasteiger partial charge in [-0.15, -0.1) is 0 Å². The van der Waals surface area contributed by atoms with E-state index in [2.05, 4.69) is 57.1 Å². The summed E-state index contributed by atoms with van der Waals surface area (Å²) in [4.78, 5) is 18.1. The summed E-state index contributed by atoms with van der Waals surface area (Å²) < 4.78 is 5.60. The molecule has 1 fully saturated rings. The summed E-state index contributed by atoms with van der Waals surface area (Å²) in [7, 11) is 0. The first-order chi connectivity index (χ1) is 12.3. The summed E-state index contributed by atoms with van der Waals surface area (Å²) in [5.74, 6) is 0. The van der Waals surface area contributed by atoms with Crippen molar-refractivity contribution in [2.45, 2.75) is 13.0 Å². The van der Waals surface area contributed by atoms with Crippen molar-refractivity contribution in [3.63, 3.8) is 0 Å². The number of ether oxygens (including phenoxy) is 1. The van der Waals surface area contributed by atoms with Gasteiger partial charge in [0.15, 0.2) is 5.65 Å². The van der Waals surface area contributed by atoms with E-state index in [4.69, 9.17) is 9.72 Å². The highest BCUT2D eigenvalue weighted by atomic mass is 16.5. The van der Waals surface area contributed by atoms with Gasteiger partial charge in [-0.1, -0.05) is 12.1 Å². The standard InChI is InChI=1S/C19H19N5O/c1-12-10-25-8-7-24(12)17-9-16(23-19-18(17)21-11-22-19)13-3-2-4-15-14(13)5-6-20-15/h2-6,9,11-12,20H,7-8,10H2,1H3,(H,21,22,23)/t12-/m1/s1. The molecule has 0 radical (unpaired) electrons. The average molecular weight is 333 g/mol. The quantitative estimate of drug-likeness (QED) is 0.590. The van der Waals surface area contributed by atoms with E-state index in [1.54, 1.807) is 6.33 Å². The molecule has 0 unspecified atom stereocenters. The van der Waals surface area contributed by atoms with Crippen molar-refractivity contribution in [1.82, 2.24) is 19.9 Å². The van der Waals surface area contributed by atoms with Crippen LogP contribution in [0.4, 0.5) is 5.69 Å². The molecule has 2 N–H and O–H groups in total. The topological polar surface area (TPSA) is 69.8 Å². The number of aromatic nitrogens is 4. The molecule has 1 aliphatic heterocycles. The number of fused-ring (bicyclic) bond motifs is 2. The van der Waals surface area contributed by atoms with Crippen LogP contribution in [0.5, 0.6) is 0 Å². The van der Waals surface area contributed by atoms with Crippen molar-refractivity contribution < 1.29 is 4.74 Å². The Bertz CT molecular complexity index is 1050. The Balaban J connectivity index is 1.73. The molecule has 4 heterocycles. The zero-order chi connectivity index (χ0) is 16.8. The van der Waals surface area contributed by atoms with Crippen LogP contribution in [0.15, 0.2) is 42.9 Å². The Morgan fingerprint density at radius 2 is 2.20 bits per heavy atom. The predicted molar refractivity (Wildman–Crippen MR) is 98.8 cm³/mol. The molecule has 0 spiro atoms. The number of rotatable bonds is 2. The maximum Gasteiger partial charge on any atom is 0.180 e. The second-order valence-corrected chi connectivity index (χ2v) is 6.49. The zero-order valence-electron chi connectivity index (χ0n) is 14.0. The van der Waals surface area contributed by atoms with Crippen LogP contribution in [-0.2, 0) is 4.74 Å². The van der Waals surface area contributed by atoms with E-state index in [0.717, 1.165) is 53.4 Å². The molecule has 1 saturated heterocycles. The van der Waals surface area contributed by atoms with Gasteiger partial charge >= 0.3 is 0 Å². The van der Waals surface area contributed by atoms with Gasteiger partial charge in [-0.25, -0.2) is 9.97 Å². The van der Waals surface area contributed by atoms with E-state index >= 15 is 0 Å². The highest BCUT2D eigenvalue weighted by molar-refractivity contribution is 5.97. The van der Waals surface area contributed by atoms with Gasteiger partial charge in [0.25, 0.3) is 0 Å². The first-order valence-corrected chi connectivity index (χ1v) is 8.56. The van der Waals surface area contributed by atoms with Crippen LogP contribution in [0.25, 0.3) is 33.3 Å². The third-order valence-electron chi connectivity index (χ3n) is 4.92. The van der Waals surface area contributed by atoms with Crippen molar-refractivity contribution in [3.05, 3.63) is 42.9 Å². The number of morpholine rings is 1. The molecule has 1 aliphatic rings. The number of aromatic amines is 2. The zero-order valence-corrected chi connectivity index (χ0v) is 14.0. The number of benzene rings is 1. The molecular weight excluding hydrogens is 314 g/mol. The van der Waals surface area contributed by atoms with E-state index in [9.17, 15) is 0 Å². The molecule has 0 bridgehead atoms. The number of hydrogen-bond acceptors (Lipinski definition) is 4. The molecule has 0 saturated carbocycles. The predicted octanol–water partition coefficient (Wildman–Crippen LogP) is 3.33. The smallest absolute Gasteiger partial charge is 0.180 e. The molecule has 25 heavy (non-hydrogen) atoms. The van der Waals surface area contributed by atoms with Crippen molar-refractivity contribution >= 4 is 27.8 Å². The highest BCUT2D eigenvalue weighted by Crippen LogP contribution is 2.33. The Morgan fingerprint density at radius 3 is 3.12 bits per heavy atom. The minimum absolute atomic E-state index is 0.318. The van der Waals surface area contributed by atoms with E-state index in [1.165, 1.54) is 5.39 Å². The number of H-pyrrole nitrogens is 2. The fourth-order valence-corrected chi connectivity index (χ4v) is 3.67. The number of anilines is 1. The molecule has 6 nitrogen and oxygen atoms in total. The van der Waals surface area contributed by atoms with Gasteiger partial charge in [0.05, 0.1) is 30.9 Å². The fourth-order valence-electron chi connectivity index (χ4n) is 3.67. The molecule has 3 aromatic heterocycles. The summed E-state index contributed by atoms with van der Waals surface area (Å²) in [6, 6.07) is 10.8. The van der Waals surface area contributed by atoms with Crippen LogP contribution in [0.1, 0.15) is 6.92 Å². The largest absolute Gasteiger partial charge is 0.377 e. The maximum absolute atomic E-state index is 5.60. The monoisotopic (exact) mass is 333 g/mol. The van der Waals surface area contributed by atoms with Gasteiger partial charge in [0, 0.05) is 35.2 Å². The lowest BCUT2D eigenvalue weighted by Gasteiger charge is -2.35. The second kappa shape index (κ2) is 5.60. The Morgan fingerprint density at radius 1 is 1.24 bits per heavy atom. The summed E-state index contributed by atoms with van der Waals surface area (Å²) in [5.41, 5.74) is 6.05. The van der Waals surface area contributed by atoms with Crippen LogP contribution in [0, 0.1) is 0 Å². The van der Waals surface area contributed by atoms with Gasteiger partial charge in [-0.05, 0) is 25.1 Å². The Kier molecular flexibility index (Phi) is 3.24. The maximum atomic E-state index is 5.60. The van der Waals surface area contributed by atoms with E-state index in [0.29, 0.717) is 6.04 Å². The lowest BCUT2D eigenvalue weighted by Crippen LogP contribution is -2.43. The van der Waals surface area contributed by atoms with Gasteiger partial charge in [0.2, 0.25) is 0 Å². The second-order valence-electron chi connectivity index (χ2n) is 6.49. The van der Waals surface area contributed by atoms with Gasteiger partial charge in [-0.2, -0.15) is 0 Å². The van der Waals surface area contributed by atoms with Gasteiger partial charge in [-0.3, -0.25) is 0 Å². The number of nitrogens with zero attached hydrogens (tertiary/aromatic N) is 3.